The molecule has 1 fully saturated rings. The molecule has 1 N–H and O–H groups in total. The molecule has 1 aromatic carbocycles. The van der Waals surface area contributed by atoms with Crippen LogP contribution in [0.5, 0.6) is 0 Å². The smallest absolute Gasteiger partial charge is 0.303 e. The molecule has 0 bridgehead atoms. The molecule has 0 unspecified atom stereocenters. The van der Waals surface area contributed by atoms with E-state index in [-0.39, 0.29) is 42.2 Å². The number of benzene rings is 1. The lowest BCUT2D eigenvalue weighted by atomic mass is 10.2. The number of carboxylic acids is 1. The van der Waals surface area contributed by atoms with Gasteiger partial charge in [-0.3, -0.25) is 4.79 Å². The molecule has 0 radical (unpaired) electrons. The second kappa shape index (κ2) is 7.43. The van der Waals surface area contributed by atoms with Crippen LogP contribution in [0.4, 0.5) is 0 Å². The zero-order valence-corrected chi connectivity index (χ0v) is 15.9. The minimum atomic E-state index is -3.91. The van der Waals surface area contributed by atoms with Gasteiger partial charge in [0.05, 0.1) is 16.4 Å². The first kappa shape index (κ1) is 19.9. The fourth-order valence-electron chi connectivity index (χ4n) is 3.00. The number of hydrogen-bond acceptors (Lipinski definition) is 5. The van der Waals surface area contributed by atoms with Crippen LogP contribution in [0.15, 0.2) is 23.1 Å². The summed E-state index contributed by atoms with van der Waals surface area (Å²) in [5.74, 6) is -1.28. The van der Waals surface area contributed by atoms with Crippen molar-refractivity contribution in [3.8, 4) is 0 Å². The third-order valence-electron chi connectivity index (χ3n) is 4.32. The fourth-order valence-corrected chi connectivity index (χ4v) is 6.83. The summed E-state index contributed by atoms with van der Waals surface area (Å²) in [6, 6.07) is 4.44. The first-order valence-corrected chi connectivity index (χ1v) is 11.3. The second-order valence-corrected chi connectivity index (χ2v) is 10.5. The van der Waals surface area contributed by atoms with Gasteiger partial charge in [0.1, 0.15) is 0 Å². The quantitative estimate of drug-likeness (QED) is 0.754. The van der Waals surface area contributed by atoms with Crippen molar-refractivity contribution >= 4 is 25.8 Å². The van der Waals surface area contributed by atoms with Crippen LogP contribution >= 0.6 is 0 Å². The number of carbonyl (C=O) groups is 1. The maximum absolute atomic E-state index is 13.2. The number of carboxylic acid groups (broad SMARTS) is 1. The van der Waals surface area contributed by atoms with E-state index < -0.39 is 31.9 Å². The van der Waals surface area contributed by atoms with Gasteiger partial charge in [-0.15, -0.1) is 0 Å². The predicted octanol–water partition coefficient (Wildman–Crippen LogP) is 1.35. The highest BCUT2D eigenvalue weighted by atomic mass is 32.2. The van der Waals surface area contributed by atoms with Crippen LogP contribution in [0.1, 0.15) is 30.4 Å². The van der Waals surface area contributed by atoms with E-state index in [0.29, 0.717) is 5.56 Å². The predicted molar refractivity (Wildman–Crippen MR) is 93.7 cm³/mol. The standard InChI is InChI=1S/C16H23NO6S2/c1-12-5-6-13(2)15(10-12)25(22,23)17(8-3-4-16(18)19)14-7-9-24(20,21)11-14/h5-6,10,14H,3-4,7-9,11H2,1-2H3,(H,18,19)/t14-/m1/s1. The SMILES string of the molecule is Cc1ccc(C)c(S(=O)(=O)N(CCCC(=O)O)[C@@H]2CCS(=O)(=O)C2)c1. The average Bonchev–Trinajstić information content (AvgIpc) is 2.85. The van der Waals surface area contributed by atoms with Crippen LogP contribution in [0.25, 0.3) is 0 Å². The molecule has 1 aromatic rings. The van der Waals surface area contributed by atoms with Gasteiger partial charge in [0.25, 0.3) is 0 Å². The number of sulfonamides is 1. The fraction of sp³-hybridized carbons (Fsp3) is 0.562. The van der Waals surface area contributed by atoms with Crippen LogP contribution < -0.4 is 0 Å². The zero-order valence-electron chi connectivity index (χ0n) is 14.3. The van der Waals surface area contributed by atoms with E-state index in [1.165, 1.54) is 4.31 Å². The number of nitrogens with zero attached hydrogens (tertiary/aromatic N) is 1. The molecule has 0 aliphatic carbocycles. The maximum atomic E-state index is 13.2. The summed E-state index contributed by atoms with van der Waals surface area (Å²) >= 11 is 0. The Kier molecular flexibility index (Phi) is 5.90. The van der Waals surface area contributed by atoms with Gasteiger partial charge in [-0.1, -0.05) is 12.1 Å². The van der Waals surface area contributed by atoms with E-state index in [1.54, 1.807) is 26.0 Å². The van der Waals surface area contributed by atoms with Crippen molar-refractivity contribution in [3.05, 3.63) is 29.3 Å². The van der Waals surface area contributed by atoms with Gasteiger partial charge < -0.3 is 5.11 Å². The normalized spacial score (nSPS) is 20.0. The molecule has 7 nitrogen and oxygen atoms in total. The van der Waals surface area contributed by atoms with Crippen molar-refractivity contribution in [1.29, 1.82) is 0 Å². The molecule has 1 saturated heterocycles. The van der Waals surface area contributed by atoms with E-state index >= 15 is 0 Å². The number of aryl methyl sites for hydroxylation is 2. The maximum Gasteiger partial charge on any atom is 0.303 e. The summed E-state index contributed by atoms with van der Waals surface area (Å²) in [4.78, 5) is 10.9. The van der Waals surface area contributed by atoms with E-state index in [2.05, 4.69) is 0 Å². The number of sulfone groups is 1. The Morgan fingerprint density at radius 3 is 2.56 bits per heavy atom. The zero-order chi connectivity index (χ0) is 18.8. The number of hydrogen-bond donors (Lipinski definition) is 1. The van der Waals surface area contributed by atoms with Crippen molar-refractivity contribution in [2.75, 3.05) is 18.1 Å². The summed E-state index contributed by atoms with van der Waals surface area (Å²) in [5.41, 5.74) is 1.36. The van der Waals surface area contributed by atoms with Gasteiger partial charge in [0.15, 0.2) is 9.84 Å². The average molecular weight is 389 g/mol. The lowest BCUT2D eigenvalue weighted by Crippen LogP contribution is -2.42. The molecular weight excluding hydrogens is 366 g/mol. The molecule has 0 aromatic heterocycles. The van der Waals surface area contributed by atoms with Gasteiger partial charge in [0, 0.05) is 19.0 Å². The van der Waals surface area contributed by atoms with Crippen molar-refractivity contribution in [2.24, 2.45) is 0 Å². The topological polar surface area (TPSA) is 109 Å². The number of rotatable bonds is 7. The molecule has 1 aliphatic heterocycles. The summed E-state index contributed by atoms with van der Waals surface area (Å²) in [5, 5.41) is 8.81. The van der Waals surface area contributed by atoms with Crippen molar-refractivity contribution in [3.63, 3.8) is 0 Å². The Morgan fingerprint density at radius 1 is 1.32 bits per heavy atom. The van der Waals surface area contributed by atoms with E-state index in [4.69, 9.17) is 5.11 Å². The lowest BCUT2D eigenvalue weighted by molar-refractivity contribution is -0.137. The summed E-state index contributed by atoms with van der Waals surface area (Å²) in [6.07, 6.45) is 0.202. The Morgan fingerprint density at radius 2 is 2.00 bits per heavy atom. The van der Waals surface area contributed by atoms with E-state index in [1.807, 2.05) is 6.07 Å². The highest BCUT2D eigenvalue weighted by Gasteiger charge is 2.39. The van der Waals surface area contributed by atoms with Gasteiger partial charge >= 0.3 is 5.97 Å². The molecule has 9 heteroatoms. The van der Waals surface area contributed by atoms with E-state index in [0.717, 1.165) is 5.56 Å². The molecular formula is C16H23NO6S2. The highest BCUT2D eigenvalue weighted by Crippen LogP contribution is 2.27. The van der Waals surface area contributed by atoms with Crippen LogP contribution in [0.2, 0.25) is 0 Å². The molecule has 1 aliphatic rings. The molecule has 1 atom stereocenters. The third-order valence-corrected chi connectivity index (χ3v) is 8.16. The van der Waals surface area contributed by atoms with Gasteiger partial charge in [-0.2, -0.15) is 4.31 Å². The minimum absolute atomic E-state index is 0.0117. The van der Waals surface area contributed by atoms with Crippen LogP contribution in [-0.2, 0) is 24.7 Å². The number of aliphatic carboxylic acids is 1. The summed E-state index contributed by atoms with van der Waals surface area (Å²) < 4.78 is 51.1. The Hall–Kier alpha value is -1.45. The van der Waals surface area contributed by atoms with Gasteiger partial charge in [-0.25, -0.2) is 16.8 Å². The molecule has 2 rings (SSSR count). The van der Waals surface area contributed by atoms with Crippen molar-refractivity contribution in [1.82, 2.24) is 4.31 Å². The van der Waals surface area contributed by atoms with Crippen LogP contribution in [-0.4, -0.2) is 56.3 Å². The van der Waals surface area contributed by atoms with E-state index in [9.17, 15) is 21.6 Å². The van der Waals surface area contributed by atoms with Crippen molar-refractivity contribution < 1.29 is 26.7 Å². The van der Waals surface area contributed by atoms with Gasteiger partial charge in [0.2, 0.25) is 10.0 Å². The molecule has 0 spiro atoms. The molecule has 0 amide bonds. The second-order valence-electron chi connectivity index (χ2n) is 6.44. The van der Waals surface area contributed by atoms with Crippen LogP contribution in [0.3, 0.4) is 0 Å². The summed E-state index contributed by atoms with van der Waals surface area (Å²) in [7, 11) is -7.17. The molecule has 0 saturated carbocycles. The van der Waals surface area contributed by atoms with Gasteiger partial charge in [-0.05, 0) is 43.9 Å². The first-order valence-electron chi connectivity index (χ1n) is 8.04. The first-order chi connectivity index (χ1) is 11.5. The Labute approximate surface area is 148 Å². The molecule has 140 valence electrons. The highest BCUT2D eigenvalue weighted by molar-refractivity contribution is 7.92. The lowest BCUT2D eigenvalue weighted by Gasteiger charge is -2.28. The van der Waals surface area contributed by atoms with Crippen molar-refractivity contribution in [2.45, 2.75) is 44.0 Å². The van der Waals surface area contributed by atoms with Crippen LogP contribution in [0, 0.1) is 13.8 Å². The Bertz CT molecular complexity index is 861. The molecule has 25 heavy (non-hydrogen) atoms. The summed E-state index contributed by atoms with van der Waals surface area (Å²) in [6.45, 7) is 3.46. The largest absolute Gasteiger partial charge is 0.481 e. The monoisotopic (exact) mass is 389 g/mol. The Balaban J connectivity index is 2.39. The molecule has 1 heterocycles. The minimum Gasteiger partial charge on any atom is -0.481 e. The third kappa shape index (κ3) is 4.80.